The molecule has 0 unspecified atom stereocenters. The van der Waals surface area contributed by atoms with Gasteiger partial charge in [0.2, 0.25) is 0 Å². The van der Waals surface area contributed by atoms with E-state index in [4.69, 9.17) is 37.9 Å². The highest BCUT2D eigenvalue weighted by molar-refractivity contribution is 5.99. The van der Waals surface area contributed by atoms with Crippen molar-refractivity contribution in [3.63, 3.8) is 0 Å². The second-order valence-corrected chi connectivity index (χ2v) is 17.7. The number of methoxy groups -OCH3 is 3. The largest absolute Gasteiger partial charge is 0.462 e. The van der Waals surface area contributed by atoms with Crippen LogP contribution in [-0.4, -0.2) is 120 Å². The molecule has 7 rings (SSSR count). The van der Waals surface area contributed by atoms with Crippen molar-refractivity contribution < 1.29 is 47.5 Å². The molecule has 2 saturated carbocycles. The summed E-state index contributed by atoms with van der Waals surface area (Å²) in [5.41, 5.74) is 0.779. The lowest BCUT2D eigenvalue weighted by atomic mass is 9.70. The van der Waals surface area contributed by atoms with Crippen molar-refractivity contribution in [3.05, 3.63) is 23.8 Å². The number of Topliss-reactive ketones (excluding diaryl/α,β-unsaturated/α-hetero) is 1. The van der Waals surface area contributed by atoms with Crippen LogP contribution < -0.4 is 0 Å². The van der Waals surface area contributed by atoms with Gasteiger partial charge in [0, 0.05) is 39.2 Å². The molecule has 3 aliphatic heterocycles. The van der Waals surface area contributed by atoms with Crippen LogP contribution in [0.2, 0.25) is 0 Å². The molecule has 0 spiro atoms. The third-order valence-electron chi connectivity index (χ3n) is 14.4. The molecule has 0 bridgehead atoms. The van der Waals surface area contributed by atoms with Gasteiger partial charge in [0.25, 0.3) is 0 Å². The second-order valence-electron chi connectivity index (χ2n) is 17.7. The summed E-state index contributed by atoms with van der Waals surface area (Å²) in [7, 11) is 9.18. The van der Waals surface area contributed by atoms with Gasteiger partial charge in [-0.3, -0.25) is 9.59 Å². The third kappa shape index (κ3) is 8.17. The normalized spacial score (nSPS) is 46.1. The van der Waals surface area contributed by atoms with E-state index in [2.05, 4.69) is 44.1 Å². The average molecular weight is 758 g/mol. The fourth-order valence-corrected chi connectivity index (χ4v) is 11.2. The van der Waals surface area contributed by atoms with Gasteiger partial charge >= 0.3 is 5.97 Å². The summed E-state index contributed by atoms with van der Waals surface area (Å²) >= 11 is 0. The first-order valence-corrected chi connectivity index (χ1v) is 21.0. The average Bonchev–Trinajstić information content (AvgIpc) is 3.69. The monoisotopic (exact) mass is 757 g/mol. The zero-order valence-corrected chi connectivity index (χ0v) is 33.9. The Hall–Kier alpha value is -1.70. The van der Waals surface area contributed by atoms with Crippen molar-refractivity contribution >= 4 is 11.8 Å². The number of likely N-dealkylation sites (N-methyl/N-ethyl adjacent to an activating group) is 1. The van der Waals surface area contributed by atoms with Crippen molar-refractivity contribution in [1.82, 2.24) is 4.90 Å². The smallest absolute Gasteiger partial charge is 0.306 e. The Kier molecular flexibility index (Phi) is 13.1. The van der Waals surface area contributed by atoms with E-state index in [1.54, 1.807) is 21.3 Å². The molecule has 5 fully saturated rings. The minimum absolute atomic E-state index is 0.0412. The van der Waals surface area contributed by atoms with E-state index in [0.29, 0.717) is 17.9 Å². The molecule has 0 aromatic heterocycles. The molecule has 0 aromatic carbocycles. The molecule has 0 amide bonds. The number of fused-ring (bicyclic) bond motifs is 5. The van der Waals surface area contributed by atoms with Crippen molar-refractivity contribution in [1.29, 1.82) is 0 Å². The van der Waals surface area contributed by atoms with E-state index in [-0.39, 0.29) is 96.8 Å². The van der Waals surface area contributed by atoms with Gasteiger partial charge in [-0.15, -0.1) is 0 Å². The number of hydrogen-bond acceptors (Lipinski definition) is 11. The lowest BCUT2D eigenvalue weighted by Gasteiger charge is -2.44. The number of allylic oxidation sites excluding steroid dienone is 4. The van der Waals surface area contributed by atoms with Crippen molar-refractivity contribution in [2.24, 2.45) is 41.4 Å². The van der Waals surface area contributed by atoms with Gasteiger partial charge in [-0.1, -0.05) is 31.6 Å². The Morgan fingerprint density at radius 2 is 1.50 bits per heavy atom. The van der Waals surface area contributed by atoms with Crippen LogP contribution in [-0.2, 0) is 47.5 Å². The van der Waals surface area contributed by atoms with E-state index in [9.17, 15) is 9.59 Å². The number of esters is 1. The Morgan fingerprint density at radius 3 is 2.17 bits per heavy atom. The molecule has 54 heavy (non-hydrogen) atoms. The number of ketones is 1. The number of carbonyl (C=O) groups excluding carboxylic acids is 2. The topological polar surface area (TPSA) is 111 Å². The number of ether oxygens (including phenoxy) is 8. The highest BCUT2D eigenvalue weighted by Gasteiger charge is 2.53. The molecule has 304 valence electrons. The van der Waals surface area contributed by atoms with Gasteiger partial charge in [0.15, 0.2) is 18.4 Å². The summed E-state index contributed by atoms with van der Waals surface area (Å²) in [6.45, 7) is 6.13. The Labute approximate surface area is 323 Å². The van der Waals surface area contributed by atoms with Crippen LogP contribution in [0.15, 0.2) is 23.8 Å². The van der Waals surface area contributed by atoms with Gasteiger partial charge in [0.1, 0.15) is 24.4 Å². The number of hydrogen-bond donors (Lipinski definition) is 0. The lowest BCUT2D eigenvalue weighted by molar-refractivity contribution is -0.314. The van der Waals surface area contributed by atoms with E-state index in [0.717, 1.165) is 63.4 Å². The van der Waals surface area contributed by atoms with E-state index in [1.165, 1.54) is 6.42 Å². The van der Waals surface area contributed by atoms with Gasteiger partial charge < -0.3 is 42.8 Å². The fraction of sp³-hybridized carbons (Fsp3) is 0.860. The van der Waals surface area contributed by atoms with Gasteiger partial charge in [-0.2, -0.15) is 0 Å². The van der Waals surface area contributed by atoms with Crippen molar-refractivity contribution in [2.75, 3.05) is 35.4 Å². The van der Waals surface area contributed by atoms with E-state index >= 15 is 0 Å². The molecular formula is C43H67NO10. The highest BCUT2D eigenvalue weighted by atomic mass is 16.7. The summed E-state index contributed by atoms with van der Waals surface area (Å²) in [6.07, 6.45) is 13.8. The minimum atomic E-state index is -0.592. The highest BCUT2D eigenvalue weighted by Crippen LogP contribution is 2.54. The predicted molar refractivity (Wildman–Crippen MR) is 201 cm³/mol. The summed E-state index contributed by atoms with van der Waals surface area (Å²) in [4.78, 5) is 30.8. The van der Waals surface area contributed by atoms with E-state index in [1.807, 2.05) is 13.8 Å². The van der Waals surface area contributed by atoms with Crippen LogP contribution in [0.25, 0.3) is 0 Å². The van der Waals surface area contributed by atoms with Gasteiger partial charge in [-0.05, 0) is 121 Å². The molecule has 3 saturated heterocycles. The quantitative estimate of drug-likeness (QED) is 0.208. The van der Waals surface area contributed by atoms with Crippen molar-refractivity contribution in [2.45, 2.75) is 159 Å². The fourth-order valence-electron chi connectivity index (χ4n) is 11.2. The molecule has 0 N–H and O–H groups in total. The maximum Gasteiger partial charge on any atom is 0.306 e. The minimum Gasteiger partial charge on any atom is -0.462 e. The second kappa shape index (κ2) is 17.4. The molecule has 0 radical (unpaired) electrons. The first-order valence-electron chi connectivity index (χ1n) is 21.0. The zero-order chi connectivity index (χ0) is 38.3. The number of rotatable bonds is 9. The maximum absolute atomic E-state index is 14.8. The summed E-state index contributed by atoms with van der Waals surface area (Å²) in [5.74, 6) is 0.531. The molecule has 0 aromatic rings. The molecule has 11 nitrogen and oxygen atoms in total. The Bertz CT molecular complexity index is 1370. The SMILES string of the molecule is CO[C@@H]1[C@@H](OC)[C@H](C)O[C@@H](O[C@H]2C[C@H]3[C@@H]4C=C5C(=O)[C@H](C)[C@@H](O[C@H]6CC[C@H](N(C)C)[C@@H](C)O6)CCC[C@H](C6CCC6)OC(=O)C[C@H]5[C@@H]4C=C[C@@H]3C2)[C@@H]1OC. The number of nitrogens with zero attached hydrogens (tertiary/aromatic N) is 1. The van der Waals surface area contributed by atoms with Gasteiger partial charge in [0.05, 0.1) is 30.8 Å². The van der Waals surface area contributed by atoms with Crippen LogP contribution >= 0.6 is 0 Å². The molecule has 17 atom stereocenters. The molecule has 3 heterocycles. The zero-order valence-electron chi connectivity index (χ0n) is 33.9. The van der Waals surface area contributed by atoms with Crippen LogP contribution in [0.4, 0.5) is 0 Å². The molecular weight excluding hydrogens is 690 g/mol. The summed E-state index contributed by atoms with van der Waals surface area (Å²) < 4.78 is 50.0. The van der Waals surface area contributed by atoms with Crippen LogP contribution in [0.3, 0.4) is 0 Å². The Balaban J connectivity index is 1.10. The maximum atomic E-state index is 14.8. The molecule has 7 aliphatic rings. The summed E-state index contributed by atoms with van der Waals surface area (Å²) in [5, 5.41) is 0. The van der Waals surface area contributed by atoms with Gasteiger partial charge in [-0.25, -0.2) is 0 Å². The summed E-state index contributed by atoms with van der Waals surface area (Å²) in [6, 6.07) is 0.341. The van der Waals surface area contributed by atoms with Crippen LogP contribution in [0.1, 0.15) is 91.4 Å². The predicted octanol–water partition coefficient (Wildman–Crippen LogP) is 5.88. The Morgan fingerprint density at radius 1 is 0.759 bits per heavy atom. The van der Waals surface area contributed by atoms with Crippen LogP contribution in [0.5, 0.6) is 0 Å². The molecule has 11 heteroatoms. The number of cyclic esters (lactones) is 1. The first kappa shape index (κ1) is 40.5. The van der Waals surface area contributed by atoms with E-state index < -0.39 is 12.4 Å². The number of carbonyl (C=O) groups is 2. The van der Waals surface area contributed by atoms with Crippen molar-refractivity contribution in [3.8, 4) is 0 Å². The van der Waals surface area contributed by atoms with Crippen LogP contribution in [0, 0.1) is 41.4 Å². The molecule has 4 aliphatic carbocycles. The standard InChI is InChI=1S/C43H67NO10/c1-23-35(54-38-18-17-34(44(4)5)24(2)50-38)13-10-14-36(26-11-9-12-26)53-37(45)22-32-29-16-15-27-19-28(20-30(27)31(29)21-33(32)39(23)46)52-43-42(49-8)41(48-7)40(47-6)25(3)51-43/h15-16,21,23-32,34-36,38,40-43H,9-14,17-20,22H2,1-8H3/t23-,24-,25+,27-,28-,29-,30-,31-,32+,34+,35+,36-,38+,40+,41-,42-,43+/m1/s1. The first-order chi connectivity index (χ1) is 26.0. The lowest BCUT2D eigenvalue weighted by Crippen LogP contribution is -2.59. The third-order valence-corrected chi connectivity index (χ3v) is 14.4.